The van der Waals surface area contributed by atoms with E-state index in [0.717, 1.165) is 0 Å². The molecule has 0 heterocycles. The molecule has 130 valence electrons. The molecule has 0 unspecified atom stereocenters. The molecule has 0 spiro atoms. The van der Waals surface area contributed by atoms with Crippen LogP contribution >= 0.6 is 0 Å². The van der Waals surface area contributed by atoms with Crippen LogP contribution in [0.25, 0.3) is 0 Å². The summed E-state index contributed by atoms with van der Waals surface area (Å²) in [5.41, 5.74) is 2.92. The zero-order valence-corrected chi connectivity index (χ0v) is 13.5. The molecule has 0 atom stereocenters. The Balaban J connectivity index is 2.47. The monoisotopic (exact) mass is 336 g/mol. The van der Waals surface area contributed by atoms with Gasteiger partial charge in [-0.25, -0.2) is 5.43 Å². The molecule has 1 aromatic carbocycles. The van der Waals surface area contributed by atoms with Gasteiger partial charge in [-0.3, -0.25) is 14.4 Å². The van der Waals surface area contributed by atoms with E-state index in [1.807, 2.05) is 5.43 Å². The average molecular weight is 336 g/mol. The summed E-state index contributed by atoms with van der Waals surface area (Å²) < 4.78 is 5.06. The maximum Gasteiger partial charge on any atom is 0.329 e. The van der Waals surface area contributed by atoms with Gasteiger partial charge in [-0.05, 0) is 19.1 Å². The van der Waals surface area contributed by atoms with Crippen molar-refractivity contribution >= 4 is 29.1 Å². The Morgan fingerprint density at radius 3 is 2.67 bits per heavy atom. The third kappa shape index (κ3) is 6.88. The summed E-state index contributed by atoms with van der Waals surface area (Å²) in [6, 6.07) is 6.86. The molecule has 24 heavy (non-hydrogen) atoms. The number of hydrogen-bond acceptors (Lipinski definition) is 6. The first-order chi connectivity index (χ1) is 11.5. The molecule has 4 N–H and O–H groups in total. The predicted octanol–water partition coefficient (Wildman–Crippen LogP) is -0.376. The molecule has 0 bridgehead atoms. The van der Waals surface area contributed by atoms with Gasteiger partial charge in [-0.2, -0.15) is 5.10 Å². The molecular weight excluding hydrogens is 316 g/mol. The van der Waals surface area contributed by atoms with E-state index in [9.17, 15) is 14.4 Å². The minimum absolute atomic E-state index is 0.0299. The molecule has 0 saturated heterocycles. The Labute approximate surface area is 139 Å². The minimum atomic E-state index is -0.976. The average Bonchev–Trinajstić information content (AvgIpc) is 2.57. The van der Waals surface area contributed by atoms with Gasteiger partial charge in [0.15, 0.2) is 0 Å². The van der Waals surface area contributed by atoms with E-state index in [4.69, 9.17) is 9.84 Å². The number of anilines is 1. The van der Waals surface area contributed by atoms with Crippen LogP contribution in [0.15, 0.2) is 29.4 Å². The van der Waals surface area contributed by atoms with Crippen LogP contribution in [0.2, 0.25) is 0 Å². The van der Waals surface area contributed by atoms with Crippen molar-refractivity contribution in [1.82, 2.24) is 10.7 Å². The lowest BCUT2D eigenvalue weighted by Crippen LogP contribution is -2.39. The van der Waals surface area contributed by atoms with Crippen molar-refractivity contribution in [3.05, 3.63) is 24.3 Å². The normalized spacial score (nSPS) is 10.7. The van der Waals surface area contributed by atoms with Crippen molar-refractivity contribution in [2.75, 3.05) is 25.6 Å². The lowest BCUT2D eigenvalue weighted by atomic mass is 10.2. The maximum absolute atomic E-state index is 11.9. The second kappa shape index (κ2) is 9.95. The van der Waals surface area contributed by atoms with Gasteiger partial charge < -0.3 is 20.5 Å². The number of nitrogens with zero attached hydrogens (tertiary/aromatic N) is 1. The Kier molecular flexibility index (Phi) is 7.92. The van der Waals surface area contributed by atoms with Crippen LogP contribution < -0.4 is 20.8 Å². The Hall–Kier alpha value is -2.94. The van der Waals surface area contributed by atoms with Crippen molar-refractivity contribution in [2.24, 2.45) is 5.10 Å². The summed E-state index contributed by atoms with van der Waals surface area (Å²) in [6.07, 6.45) is -0.0598. The van der Waals surface area contributed by atoms with Gasteiger partial charge in [-0.15, -0.1) is 0 Å². The Morgan fingerprint density at radius 1 is 1.25 bits per heavy atom. The summed E-state index contributed by atoms with van der Waals surface area (Å²) in [5, 5.41) is 17.1. The predicted molar refractivity (Wildman–Crippen MR) is 87.6 cm³/mol. The van der Waals surface area contributed by atoms with E-state index in [1.54, 1.807) is 24.3 Å². The molecule has 1 rings (SSSR count). The molecule has 1 aromatic rings. The summed E-state index contributed by atoms with van der Waals surface area (Å²) in [4.78, 5) is 34.5. The number of methoxy groups -OCH3 is 1. The molecule has 0 saturated carbocycles. The third-order valence-corrected chi connectivity index (χ3v) is 2.72. The smallest absolute Gasteiger partial charge is 0.329 e. The SMILES string of the molecule is COc1cccc(NC(=O)C/C(C)=N\NC(=O)C(=O)NCCO)c1. The van der Waals surface area contributed by atoms with Gasteiger partial charge in [0.25, 0.3) is 0 Å². The largest absolute Gasteiger partial charge is 0.497 e. The number of hydrogen-bond donors (Lipinski definition) is 4. The summed E-state index contributed by atoms with van der Waals surface area (Å²) in [6.45, 7) is 1.24. The highest BCUT2D eigenvalue weighted by Gasteiger charge is 2.12. The highest BCUT2D eigenvalue weighted by atomic mass is 16.5. The van der Waals surface area contributed by atoms with E-state index in [2.05, 4.69) is 15.7 Å². The van der Waals surface area contributed by atoms with E-state index in [0.29, 0.717) is 17.1 Å². The maximum atomic E-state index is 11.9. The number of carbonyl (C=O) groups excluding carboxylic acids is 3. The highest BCUT2D eigenvalue weighted by molar-refractivity contribution is 6.35. The number of aliphatic hydroxyl groups excluding tert-OH is 1. The number of rotatable bonds is 7. The van der Waals surface area contributed by atoms with Gasteiger partial charge in [0.05, 0.1) is 20.1 Å². The summed E-state index contributed by atoms with van der Waals surface area (Å²) in [7, 11) is 1.52. The molecule has 0 aliphatic carbocycles. The second-order valence-electron chi connectivity index (χ2n) is 4.72. The van der Waals surface area contributed by atoms with Crippen LogP contribution in [0, 0.1) is 0 Å². The fourth-order valence-electron chi connectivity index (χ4n) is 1.62. The molecule has 0 aliphatic heterocycles. The number of benzene rings is 1. The van der Waals surface area contributed by atoms with Gasteiger partial charge in [-0.1, -0.05) is 6.07 Å². The Bertz CT molecular complexity index is 630. The molecule has 9 nitrogen and oxygen atoms in total. The fourth-order valence-corrected chi connectivity index (χ4v) is 1.62. The van der Waals surface area contributed by atoms with Crippen molar-refractivity contribution in [3.63, 3.8) is 0 Å². The van der Waals surface area contributed by atoms with E-state index >= 15 is 0 Å². The topological polar surface area (TPSA) is 129 Å². The summed E-state index contributed by atoms with van der Waals surface area (Å²) >= 11 is 0. The van der Waals surface area contributed by atoms with Crippen LogP contribution in [0.4, 0.5) is 5.69 Å². The number of aliphatic hydroxyl groups is 1. The molecule has 0 radical (unpaired) electrons. The number of carbonyl (C=O) groups is 3. The van der Waals surface area contributed by atoms with Crippen LogP contribution in [0.1, 0.15) is 13.3 Å². The van der Waals surface area contributed by atoms with E-state index < -0.39 is 11.8 Å². The zero-order valence-electron chi connectivity index (χ0n) is 13.5. The van der Waals surface area contributed by atoms with Crippen LogP contribution in [0.5, 0.6) is 5.75 Å². The lowest BCUT2D eigenvalue weighted by molar-refractivity contribution is -0.139. The molecule has 0 aliphatic rings. The summed E-state index contributed by atoms with van der Waals surface area (Å²) in [5.74, 6) is -1.61. The van der Waals surface area contributed by atoms with Gasteiger partial charge in [0, 0.05) is 24.0 Å². The lowest BCUT2D eigenvalue weighted by Gasteiger charge is -2.07. The van der Waals surface area contributed by atoms with E-state index in [-0.39, 0.29) is 25.5 Å². The second-order valence-corrected chi connectivity index (χ2v) is 4.72. The van der Waals surface area contributed by atoms with E-state index in [1.165, 1.54) is 14.0 Å². The molecule has 0 fully saturated rings. The first-order valence-corrected chi connectivity index (χ1v) is 7.12. The quantitative estimate of drug-likeness (QED) is 0.307. The standard InChI is InChI=1S/C15H20N4O5/c1-10(18-19-15(23)14(22)16-6-7-20)8-13(21)17-11-4-3-5-12(9-11)24-2/h3-5,9,20H,6-8H2,1-2H3,(H,16,22)(H,17,21)(H,19,23)/b18-10-. The van der Waals surface area contributed by atoms with Gasteiger partial charge >= 0.3 is 11.8 Å². The first kappa shape index (κ1) is 19.1. The molecule has 9 heteroatoms. The van der Waals surface area contributed by atoms with Gasteiger partial charge in [0.2, 0.25) is 5.91 Å². The number of nitrogens with one attached hydrogen (secondary N) is 3. The first-order valence-electron chi connectivity index (χ1n) is 7.12. The van der Waals surface area contributed by atoms with Crippen molar-refractivity contribution in [3.8, 4) is 5.75 Å². The number of amides is 3. The van der Waals surface area contributed by atoms with Crippen molar-refractivity contribution in [2.45, 2.75) is 13.3 Å². The van der Waals surface area contributed by atoms with Crippen molar-refractivity contribution < 1.29 is 24.2 Å². The minimum Gasteiger partial charge on any atom is -0.497 e. The van der Waals surface area contributed by atoms with Crippen molar-refractivity contribution in [1.29, 1.82) is 0 Å². The van der Waals surface area contributed by atoms with Crippen LogP contribution in [-0.4, -0.2) is 48.8 Å². The van der Waals surface area contributed by atoms with Crippen LogP contribution in [0.3, 0.4) is 0 Å². The zero-order chi connectivity index (χ0) is 17.9. The van der Waals surface area contributed by atoms with Crippen LogP contribution in [-0.2, 0) is 14.4 Å². The van der Waals surface area contributed by atoms with Gasteiger partial charge in [0.1, 0.15) is 5.75 Å². The highest BCUT2D eigenvalue weighted by Crippen LogP contribution is 2.16. The molecule has 3 amide bonds. The number of ether oxygens (including phenoxy) is 1. The Morgan fingerprint density at radius 2 is 2.00 bits per heavy atom. The third-order valence-electron chi connectivity index (χ3n) is 2.72. The number of hydrazone groups is 1. The molecular formula is C15H20N4O5. The fraction of sp³-hybridized carbons (Fsp3) is 0.333. The molecule has 0 aromatic heterocycles.